The molecule has 12 heavy (non-hydrogen) atoms. The van der Waals surface area contributed by atoms with E-state index in [4.69, 9.17) is 0 Å². The first-order chi connectivity index (χ1) is 4.79. The van der Waals surface area contributed by atoms with Gasteiger partial charge in [-0.25, -0.2) is 4.98 Å². The molecule has 1 rings (SSSR count). The molecule has 0 saturated heterocycles. The highest BCUT2D eigenvalue weighted by Gasteiger charge is 1.90. The summed E-state index contributed by atoms with van der Waals surface area (Å²) in [6.45, 7) is 2.09. The highest BCUT2D eigenvalue weighted by molar-refractivity contribution is 5.85. The average Bonchev–Trinajstić information content (AvgIpc) is 2.34. The fourth-order valence-electron chi connectivity index (χ4n) is 0.734. The molecule has 1 aromatic rings. The van der Waals surface area contributed by atoms with Gasteiger partial charge in [-0.1, -0.05) is 0 Å². The molecule has 0 saturated carbocycles. The molecular weight excluding hydrogens is 197 g/mol. The Morgan fingerprint density at radius 3 is 2.42 bits per heavy atom. The highest BCUT2D eigenvalue weighted by atomic mass is 35.5. The molecule has 0 unspecified atom stereocenters. The molecule has 0 aromatic carbocycles. The van der Waals surface area contributed by atoms with E-state index in [1.54, 1.807) is 6.20 Å². The van der Waals surface area contributed by atoms with Crippen LogP contribution in [0.4, 0.5) is 0 Å². The van der Waals surface area contributed by atoms with Crippen LogP contribution in [0.2, 0.25) is 0 Å². The van der Waals surface area contributed by atoms with Crippen molar-refractivity contribution in [3.63, 3.8) is 0 Å². The number of rotatable bonds is 3. The van der Waals surface area contributed by atoms with Crippen molar-refractivity contribution >= 4 is 24.8 Å². The minimum absolute atomic E-state index is 0. The van der Waals surface area contributed by atoms with Crippen LogP contribution in [0.3, 0.4) is 0 Å². The summed E-state index contributed by atoms with van der Waals surface area (Å²) in [5.74, 6) is 0. The van der Waals surface area contributed by atoms with Gasteiger partial charge in [0.1, 0.15) is 0 Å². The third-order valence-electron chi connectivity index (χ3n) is 1.36. The third-order valence-corrected chi connectivity index (χ3v) is 1.36. The molecule has 1 aromatic heterocycles. The van der Waals surface area contributed by atoms with Crippen molar-refractivity contribution in [3.05, 3.63) is 18.7 Å². The number of hydrogen-bond donors (Lipinski definition) is 0. The van der Waals surface area contributed by atoms with E-state index in [1.807, 2.05) is 12.5 Å². The van der Waals surface area contributed by atoms with Crippen LogP contribution < -0.4 is 0 Å². The van der Waals surface area contributed by atoms with Gasteiger partial charge in [0.15, 0.2) is 0 Å². The van der Waals surface area contributed by atoms with Gasteiger partial charge in [0.25, 0.3) is 0 Å². The van der Waals surface area contributed by atoms with Crippen LogP contribution in [0.25, 0.3) is 0 Å². The molecule has 0 radical (unpaired) electrons. The van der Waals surface area contributed by atoms with Crippen LogP contribution in [0.1, 0.15) is 0 Å². The lowest BCUT2D eigenvalue weighted by molar-refractivity contribution is 0.384. The second-order valence-corrected chi connectivity index (χ2v) is 2.60. The van der Waals surface area contributed by atoms with Crippen LogP contribution in [0.5, 0.6) is 0 Å². The molecule has 0 aliphatic carbocycles. The molecule has 0 atom stereocenters. The smallest absolute Gasteiger partial charge is 0.0946 e. The quantitative estimate of drug-likeness (QED) is 0.752. The minimum atomic E-state index is 0. The highest BCUT2D eigenvalue weighted by Crippen LogP contribution is 1.85. The van der Waals surface area contributed by atoms with Gasteiger partial charge in [0, 0.05) is 25.5 Å². The standard InChI is InChI=1S/C7H13N3.2ClH/c1-9(2)5-6-10-4-3-8-7-10;;/h3-4,7H,5-6H2,1-2H3;2*1H. The number of hydrogen-bond acceptors (Lipinski definition) is 2. The summed E-state index contributed by atoms with van der Waals surface area (Å²) >= 11 is 0. The lowest BCUT2D eigenvalue weighted by Crippen LogP contribution is -2.17. The average molecular weight is 212 g/mol. The van der Waals surface area contributed by atoms with Crippen molar-refractivity contribution in [1.29, 1.82) is 0 Å². The van der Waals surface area contributed by atoms with Crippen LogP contribution in [-0.4, -0.2) is 35.1 Å². The maximum absolute atomic E-state index is 3.94. The fourth-order valence-corrected chi connectivity index (χ4v) is 0.734. The number of imidazole rings is 1. The van der Waals surface area contributed by atoms with Crippen LogP contribution in [0.15, 0.2) is 18.7 Å². The maximum atomic E-state index is 3.94. The van der Waals surface area contributed by atoms with Gasteiger partial charge in [0.2, 0.25) is 0 Å². The summed E-state index contributed by atoms with van der Waals surface area (Å²) in [5, 5.41) is 0. The normalized spacial score (nSPS) is 8.92. The molecule has 0 fully saturated rings. The van der Waals surface area contributed by atoms with Crippen molar-refractivity contribution < 1.29 is 0 Å². The summed E-state index contributed by atoms with van der Waals surface area (Å²) in [5.41, 5.74) is 0. The van der Waals surface area contributed by atoms with Crippen molar-refractivity contribution in [2.75, 3.05) is 20.6 Å². The topological polar surface area (TPSA) is 21.1 Å². The first kappa shape index (κ1) is 14.3. The van der Waals surface area contributed by atoms with Gasteiger partial charge < -0.3 is 9.47 Å². The molecular formula is C7H15Cl2N3. The zero-order valence-electron chi connectivity index (χ0n) is 7.30. The Bertz CT molecular complexity index is 175. The van der Waals surface area contributed by atoms with Gasteiger partial charge in [-0.15, -0.1) is 24.8 Å². The molecule has 0 aliphatic rings. The summed E-state index contributed by atoms with van der Waals surface area (Å²) in [6.07, 6.45) is 5.61. The Hall–Kier alpha value is -0.250. The summed E-state index contributed by atoms with van der Waals surface area (Å²) in [7, 11) is 4.13. The monoisotopic (exact) mass is 211 g/mol. The lowest BCUT2D eigenvalue weighted by Gasteiger charge is -2.08. The van der Waals surface area contributed by atoms with E-state index in [0.29, 0.717) is 0 Å². The van der Waals surface area contributed by atoms with E-state index in [2.05, 4.69) is 28.5 Å². The first-order valence-corrected chi connectivity index (χ1v) is 3.39. The zero-order chi connectivity index (χ0) is 7.40. The number of likely N-dealkylation sites (N-methyl/N-ethyl adjacent to an activating group) is 1. The van der Waals surface area contributed by atoms with Gasteiger partial charge in [0.05, 0.1) is 6.33 Å². The Morgan fingerprint density at radius 1 is 1.33 bits per heavy atom. The van der Waals surface area contributed by atoms with E-state index < -0.39 is 0 Å². The predicted octanol–water partition coefficient (Wildman–Crippen LogP) is 1.29. The molecule has 0 spiro atoms. The van der Waals surface area contributed by atoms with Crippen LogP contribution >= 0.6 is 24.8 Å². The van der Waals surface area contributed by atoms with Gasteiger partial charge in [-0.2, -0.15) is 0 Å². The maximum Gasteiger partial charge on any atom is 0.0946 e. The Kier molecular flexibility index (Phi) is 8.81. The largest absolute Gasteiger partial charge is 0.336 e. The SMILES string of the molecule is CN(C)CCn1ccnc1.Cl.Cl. The van der Waals surface area contributed by atoms with E-state index >= 15 is 0 Å². The molecule has 5 heteroatoms. The number of nitrogens with zero attached hydrogens (tertiary/aromatic N) is 3. The van der Waals surface area contributed by atoms with Crippen molar-refractivity contribution in [3.8, 4) is 0 Å². The molecule has 0 bridgehead atoms. The van der Waals surface area contributed by atoms with E-state index in [9.17, 15) is 0 Å². The lowest BCUT2D eigenvalue weighted by atomic mass is 10.6. The third kappa shape index (κ3) is 5.41. The van der Waals surface area contributed by atoms with E-state index in [-0.39, 0.29) is 24.8 Å². The fraction of sp³-hybridized carbons (Fsp3) is 0.571. The Balaban J connectivity index is 0. The Morgan fingerprint density at radius 2 is 2.00 bits per heavy atom. The Labute approximate surface area is 85.6 Å². The van der Waals surface area contributed by atoms with Gasteiger partial charge >= 0.3 is 0 Å². The molecule has 3 nitrogen and oxygen atoms in total. The van der Waals surface area contributed by atoms with E-state index in [1.165, 1.54) is 0 Å². The van der Waals surface area contributed by atoms with E-state index in [0.717, 1.165) is 13.1 Å². The van der Waals surface area contributed by atoms with Crippen molar-refractivity contribution in [1.82, 2.24) is 14.5 Å². The zero-order valence-corrected chi connectivity index (χ0v) is 8.94. The molecule has 72 valence electrons. The minimum Gasteiger partial charge on any atom is -0.336 e. The van der Waals surface area contributed by atoms with Gasteiger partial charge in [-0.3, -0.25) is 0 Å². The molecule has 1 heterocycles. The van der Waals surface area contributed by atoms with Gasteiger partial charge in [-0.05, 0) is 14.1 Å². The summed E-state index contributed by atoms with van der Waals surface area (Å²) in [6, 6.07) is 0. The van der Waals surface area contributed by atoms with Crippen LogP contribution in [0, 0.1) is 0 Å². The second kappa shape index (κ2) is 7.40. The summed E-state index contributed by atoms with van der Waals surface area (Å²) in [4.78, 5) is 6.10. The number of aromatic nitrogens is 2. The second-order valence-electron chi connectivity index (χ2n) is 2.60. The van der Waals surface area contributed by atoms with Crippen molar-refractivity contribution in [2.45, 2.75) is 6.54 Å². The summed E-state index contributed by atoms with van der Waals surface area (Å²) < 4.78 is 2.07. The van der Waals surface area contributed by atoms with Crippen molar-refractivity contribution in [2.24, 2.45) is 0 Å². The molecule has 0 amide bonds. The van der Waals surface area contributed by atoms with Crippen LogP contribution in [-0.2, 0) is 6.54 Å². The number of halogens is 2. The molecule has 0 N–H and O–H groups in total. The molecule has 0 aliphatic heterocycles. The predicted molar refractivity (Wildman–Crippen MR) is 55.3 cm³/mol. The first-order valence-electron chi connectivity index (χ1n) is 3.39.